The van der Waals surface area contributed by atoms with Crippen LogP contribution < -0.4 is 27.7 Å². The van der Waals surface area contributed by atoms with Crippen LogP contribution in [0.25, 0.3) is 0 Å². The zero-order valence-electron chi connectivity index (χ0n) is 24.4. The van der Waals surface area contributed by atoms with E-state index in [2.05, 4.69) is 25.3 Å². The van der Waals surface area contributed by atoms with Crippen LogP contribution in [0.4, 0.5) is 5.13 Å². The van der Waals surface area contributed by atoms with E-state index in [1.165, 1.54) is 23.7 Å². The van der Waals surface area contributed by atoms with Crippen LogP contribution in [0.2, 0.25) is 0 Å². The molecule has 3 heterocycles. The van der Waals surface area contributed by atoms with E-state index in [9.17, 15) is 32.5 Å². The largest absolute Gasteiger partial charge is 0.489 e. The summed E-state index contributed by atoms with van der Waals surface area (Å²) in [5.74, 6) is -4.14. The number of aromatic nitrogens is 4. The molecule has 1 amide bonds. The summed E-state index contributed by atoms with van der Waals surface area (Å²) in [5.41, 5.74) is 23.0. The molecule has 0 spiro atoms. The summed E-state index contributed by atoms with van der Waals surface area (Å²) in [5, 5.41) is 22.9. The van der Waals surface area contributed by atoms with Crippen LogP contribution >= 0.6 is 11.3 Å². The van der Waals surface area contributed by atoms with Gasteiger partial charge >= 0.3 is 16.3 Å². The third-order valence-corrected chi connectivity index (χ3v) is 8.26. The van der Waals surface area contributed by atoms with Gasteiger partial charge in [-0.2, -0.15) is 23.4 Å². The van der Waals surface area contributed by atoms with Crippen LogP contribution in [-0.4, -0.2) is 103 Å². The number of aliphatic carboxylic acids is 1. The minimum Gasteiger partial charge on any atom is -0.489 e. The Kier molecular flexibility index (Phi) is 11.1. The molecule has 3 aromatic rings. The lowest BCUT2D eigenvalue weighted by molar-refractivity contribution is -0.152. The van der Waals surface area contributed by atoms with Crippen molar-refractivity contribution < 1.29 is 42.0 Å². The predicted molar refractivity (Wildman–Crippen MR) is 165 cm³/mol. The Hall–Kier alpha value is -5.03. The van der Waals surface area contributed by atoms with Gasteiger partial charge in [-0.05, 0) is 24.3 Å². The summed E-state index contributed by atoms with van der Waals surface area (Å²) >= 11 is 0.951. The highest BCUT2D eigenvalue weighted by molar-refractivity contribution is 7.84. The van der Waals surface area contributed by atoms with Crippen LogP contribution in [0.15, 0.2) is 46.0 Å². The lowest BCUT2D eigenvalue weighted by atomic mass is 9.84. The highest BCUT2D eigenvalue weighted by Gasteiger charge is 2.54. The number of carbonyl (C=O) groups is 3. The lowest BCUT2D eigenvalue weighted by Crippen LogP contribution is -2.64. The number of rotatable bonds is 17. The minimum absolute atomic E-state index is 0.0405. The molecule has 0 aliphatic carbocycles. The van der Waals surface area contributed by atoms with Gasteiger partial charge in [-0.1, -0.05) is 5.16 Å². The maximum atomic E-state index is 13.5. The van der Waals surface area contributed by atoms with Gasteiger partial charge in [0.05, 0.1) is 36.9 Å². The zero-order valence-corrected chi connectivity index (χ0v) is 26.1. The summed E-state index contributed by atoms with van der Waals surface area (Å²) in [6.07, 6.45) is -1.00. The topological polar surface area (TPSA) is 320 Å². The van der Waals surface area contributed by atoms with Gasteiger partial charge in [0, 0.05) is 30.5 Å². The first kappa shape index (κ1) is 34.8. The number of nitrogen functional groups attached to an aromatic ring is 1. The van der Waals surface area contributed by atoms with E-state index in [1.54, 1.807) is 12.1 Å². The van der Waals surface area contributed by atoms with E-state index in [0.29, 0.717) is 24.3 Å². The molecule has 1 aliphatic rings. The Labute approximate surface area is 270 Å². The molecule has 1 aromatic carbocycles. The number of carbonyl (C=O) groups excluding carboxylic acids is 2. The van der Waals surface area contributed by atoms with E-state index < -0.39 is 64.8 Å². The number of β-lactam (4-membered cyclic amide) rings is 1. The van der Waals surface area contributed by atoms with Crippen LogP contribution in [0.3, 0.4) is 0 Å². The summed E-state index contributed by atoms with van der Waals surface area (Å²) in [7, 11) is -4.99. The molecule has 22 heteroatoms. The second-order valence-corrected chi connectivity index (χ2v) is 12.0. The van der Waals surface area contributed by atoms with Crippen molar-refractivity contribution in [3.8, 4) is 5.75 Å². The van der Waals surface area contributed by atoms with Crippen molar-refractivity contribution >= 4 is 56.0 Å². The zero-order chi connectivity index (χ0) is 34.3. The van der Waals surface area contributed by atoms with Gasteiger partial charge in [-0.15, -0.1) is 11.3 Å². The number of nitrogens with two attached hydrogens (primary N) is 4. The first-order chi connectivity index (χ1) is 22.3. The molecule has 252 valence electrons. The number of amides is 1. The van der Waals surface area contributed by atoms with E-state index in [4.69, 9.17) is 32.5 Å². The van der Waals surface area contributed by atoms with E-state index >= 15 is 0 Å². The van der Waals surface area contributed by atoms with Crippen LogP contribution in [0.1, 0.15) is 23.4 Å². The molecule has 1 saturated heterocycles. The average Bonchev–Trinajstić information content (AvgIpc) is 3.68. The SMILES string of the molecule is NCCN=C(N)c1ccc(OC[C@H](O/N=C(\C(=O)C[C@@H]2C(=O)N(S(=O)(=O)O)[C@@H]2Cn2ncc(CN)n2)c2csc(N)n2)C(=O)O)cc1. The van der Waals surface area contributed by atoms with Crippen molar-refractivity contribution in [2.45, 2.75) is 31.7 Å². The lowest BCUT2D eigenvalue weighted by Gasteiger charge is -2.43. The summed E-state index contributed by atoms with van der Waals surface area (Å²) in [6, 6.07) is 5.04. The minimum atomic E-state index is -4.99. The number of ether oxygens (including phenoxy) is 1. The molecule has 1 aliphatic heterocycles. The number of hydrogen-bond acceptors (Lipinski definition) is 16. The molecule has 20 nitrogen and oxygen atoms in total. The number of carboxylic acid groups (broad SMARTS) is 1. The number of aliphatic imine (C=N–C) groups is 1. The predicted octanol–water partition coefficient (Wildman–Crippen LogP) is -2.02. The van der Waals surface area contributed by atoms with Gasteiger partial charge < -0.3 is 37.6 Å². The molecule has 0 radical (unpaired) electrons. The summed E-state index contributed by atoms with van der Waals surface area (Å²) in [6.45, 7) is -0.124. The van der Waals surface area contributed by atoms with Gasteiger partial charge in [0.15, 0.2) is 16.6 Å². The van der Waals surface area contributed by atoms with Gasteiger partial charge in [0.2, 0.25) is 5.91 Å². The molecule has 2 aromatic heterocycles. The molecule has 10 N–H and O–H groups in total. The maximum absolute atomic E-state index is 13.5. The molecule has 4 rings (SSSR count). The smallest absolute Gasteiger partial charge is 0.362 e. The molecule has 1 fully saturated rings. The van der Waals surface area contributed by atoms with Crippen LogP contribution in [-0.2, 0) is 42.6 Å². The normalized spacial score (nSPS) is 17.7. The monoisotopic (exact) mass is 693 g/mol. The highest BCUT2D eigenvalue weighted by Crippen LogP contribution is 2.33. The Morgan fingerprint density at radius 2 is 1.91 bits per heavy atom. The number of oxime groups is 1. The summed E-state index contributed by atoms with van der Waals surface area (Å²) < 4.78 is 39.2. The fraction of sp³-hybridized carbons (Fsp3) is 0.360. The van der Waals surface area contributed by atoms with Crippen molar-refractivity contribution in [3.05, 3.63) is 52.8 Å². The molecule has 0 bridgehead atoms. The first-order valence-electron chi connectivity index (χ1n) is 13.7. The van der Waals surface area contributed by atoms with E-state index in [0.717, 1.165) is 16.1 Å². The number of anilines is 1. The fourth-order valence-corrected chi connectivity index (χ4v) is 5.80. The number of benzene rings is 1. The van der Waals surface area contributed by atoms with Crippen molar-refractivity contribution in [1.29, 1.82) is 0 Å². The number of nitrogens with zero attached hydrogens (tertiary/aromatic N) is 7. The molecular formula is C25H31N11O9S2. The Bertz CT molecular complexity index is 1770. The quantitative estimate of drug-likeness (QED) is 0.0292. The highest BCUT2D eigenvalue weighted by atomic mass is 32.2. The number of hydrogen-bond donors (Lipinski definition) is 6. The van der Waals surface area contributed by atoms with Crippen LogP contribution in [0.5, 0.6) is 5.75 Å². The third kappa shape index (κ3) is 8.62. The molecule has 3 atom stereocenters. The molecule has 0 saturated carbocycles. The van der Waals surface area contributed by atoms with Gasteiger partial charge in [0.1, 0.15) is 23.9 Å². The van der Waals surface area contributed by atoms with E-state index in [-0.39, 0.29) is 39.8 Å². The van der Waals surface area contributed by atoms with Crippen molar-refractivity contribution in [1.82, 2.24) is 24.3 Å². The molecular weight excluding hydrogens is 662 g/mol. The Balaban J connectivity index is 1.51. The van der Waals surface area contributed by atoms with Crippen molar-refractivity contribution in [3.63, 3.8) is 0 Å². The number of amidine groups is 1. The Morgan fingerprint density at radius 3 is 2.49 bits per heavy atom. The second kappa shape index (κ2) is 15.0. The standard InChI is InChI=1S/C25H31N11O9S2/c26-5-6-30-22(28)13-1-3-15(4-2-13)44-11-20(24(39)40)45-34-21(17-12-46-25(29)32-17)19(37)7-16-18(36(23(16)38)47(41,42)43)10-35-31-9-14(8-27)33-35/h1-4,9,12,16,18,20H,5-8,10-11,26-27H2,(H2,28,30)(H2,29,32)(H,39,40)(H,41,42,43)/b34-21-/t16-,18+,20-/m0/s1. The number of Topliss-reactive ketones (excluding diaryl/α,β-unsaturated/α-hetero) is 1. The third-order valence-electron chi connectivity index (χ3n) is 6.64. The van der Waals surface area contributed by atoms with E-state index in [1.807, 2.05) is 0 Å². The van der Waals surface area contributed by atoms with Crippen molar-refractivity contribution in [2.75, 3.05) is 25.4 Å². The Morgan fingerprint density at radius 1 is 1.19 bits per heavy atom. The summed E-state index contributed by atoms with van der Waals surface area (Å²) in [4.78, 5) is 52.6. The van der Waals surface area contributed by atoms with Crippen molar-refractivity contribution in [2.24, 2.45) is 33.3 Å². The fourth-order valence-electron chi connectivity index (χ4n) is 4.33. The number of ketones is 1. The van der Waals surface area contributed by atoms with Gasteiger partial charge in [-0.3, -0.25) is 19.1 Å². The van der Waals surface area contributed by atoms with Gasteiger partial charge in [0.25, 0.3) is 6.10 Å². The van der Waals surface area contributed by atoms with Gasteiger partial charge in [-0.25, -0.2) is 14.1 Å². The molecule has 47 heavy (non-hydrogen) atoms. The first-order valence-corrected chi connectivity index (χ1v) is 15.9. The number of thiazole rings is 1. The molecule has 0 unspecified atom stereocenters. The number of carboxylic acids is 1. The second-order valence-electron chi connectivity index (χ2n) is 9.84. The van der Waals surface area contributed by atoms with Crippen LogP contribution in [0, 0.1) is 5.92 Å². The average molecular weight is 694 g/mol. The maximum Gasteiger partial charge on any atom is 0.362 e.